The molecule has 0 bridgehead atoms. The summed E-state index contributed by atoms with van der Waals surface area (Å²) < 4.78 is 5.41. The van der Waals surface area contributed by atoms with Crippen LogP contribution in [0.15, 0.2) is 24.3 Å². The second-order valence-electron chi connectivity index (χ2n) is 5.72. The summed E-state index contributed by atoms with van der Waals surface area (Å²) in [6.45, 7) is 2.23. The molecule has 0 spiro atoms. The second kappa shape index (κ2) is 11.1. The van der Waals surface area contributed by atoms with Crippen LogP contribution < -0.4 is 10.5 Å². The summed E-state index contributed by atoms with van der Waals surface area (Å²) in [5.74, 6) is 0.0862. The number of hydrogen-bond donors (Lipinski definition) is 2. The summed E-state index contributed by atoms with van der Waals surface area (Å²) in [5, 5.41) is 9.84. The Morgan fingerprint density at radius 1 is 1.05 bits per heavy atom. The molecule has 0 aromatic heterocycles. The lowest BCUT2D eigenvalue weighted by Gasteiger charge is -2.13. The summed E-state index contributed by atoms with van der Waals surface area (Å²) in [6, 6.07) is 6.50. The van der Waals surface area contributed by atoms with Crippen molar-refractivity contribution in [2.24, 2.45) is 5.73 Å². The first-order chi connectivity index (χ1) is 10.6. The Balaban J connectivity index is 2.10. The van der Waals surface area contributed by atoms with Crippen LogP contribution in [-0.4, -0.2) is 17.3 Å². The molecule has 4 heteroatoms. The first kappa shape index (κ1) is 18.5. The van der Waals surface area contributed by atoms with Crippen molar-refractivity contribution in [3.63, 3.8) is 0 Å². The summed E-state index contributed by atoms with van der Waals surface area (Å²) in [4.78, 5) is 11.0. The van der Waals surface area contributed by atoms with Crippen LogP contribution in [0.4, 0.5) is 0 Å². The molecule has 4 nitrogen and oxygen atoms in total. The van der Waals surface area contributed by atoms with E-state index in [1.165, 1.54) is 38.5 Å². The topological polar surface area (TPSA) is 72.6 Å². The lowest BCUT2D eigenvalue weighted by atomic mass is 10.1. The summed E-state index contributed by atoms with van der Waals surface area (Å²) in [7, 11) is 0. The second-order valence-corrected chi connectivity index (χ2v) is 5.72. The number of primary amides is 1. The van der Waals surface area contributed by atoms with E-state index < -0.39 is 12.2 Å². The molecule has 0 aliphatic heterocycles. The molecule has 0 heterocycles. The predicted octanol–water partition coefficient (Wildman–Crippen LogP) is 4.01. The first-order valence-electron chi connectivity index (χ1n) is 8.38. The Morgan fingerprint density at radius 3 is 2.14 bits per heavy atom. The Labute approximate surface area is 133 Å². The van der Waals surface area contributed by atoms with Crippen LogP contribution >= 0.6 is 0 Å². The van der Waals surface area contributed by atoms with Gasteiger partial charge in [-0.1, -0.05) is 51.9 Å². The minimum atomic E-state index is -0.792. The Bertz CT molecular complexity index is 417. The van der Waals surface area contributed by atoms with Gasteiger partial charge in [0.1, 0.15) is 5.75 Å². The SMILES string of the molecule is CCCCCCCCCCC(O)Oc1ccc(C(N)=O)cc1. The molecule has 0 radical (unpaired) electrons. The van der Waals surface area contributed by atoms with E-state index >= 15 is 0 Å². The molecule has 1 atom stereocenters. The van der Waals surface area contributed by atoms with Crippen molar-refractivity contribution in [1.29, 1.82) is 0 Å². The van der Waals surface area contributed by atoms with E-state index in [0.29, 0.717) is 17.7 Å². The van der Waals surface area contributed by atoms with Gasteiger partial charge in [-0.25, -0.2) is 0 Å². The third-order valence-corrected chi connectivity index (χ3v) is 3.72. The van der Waals surface area contributed by atoms with E-state index in [0.717, 1.165) is 12.8 Å². The van der Waals surface area contributed by atoms with Crippen LogP contribution in [0.3, 0.4) is 0 Å². The molecule has 1 amide bonds. The smallest absolute Gasteiger partial charge is 0.248 e. The fraction of sp³-hybridized carbons (Fsp3) is 0.611. The first-order valence-corrected chi connectivity index (χ1v) is 8.38. The van der Waals surface area contributed by atoms with Gasteiger partial charge in [0.2, 0.25) is 5.91 Å². The number of nitrogens with two attached hydrogens (primary N) is 1. The van der Waals surface area contributed by atoms with Gasteiger partial charge in [-0.15, -0.1) is 0 Å². The zero-order chi connectivity index (χ0) is 16.2. The molecule has 1 aromatic carbocycles. The van der Waals surface area contributed by atoms with Crippen molar-refractivity contribution in [2.75, 3.05) is 0 Å². The van der Waals surface area contributed by atoms with Crippen LogP contribution in [0.1, 0.15) is 75.1 Å². The maximum Gasteiger partial charge on any atom is 0.248 e. The molecule has 1 rings (SSSR count). The lowest BCUT2D eigenvalue weighted by Crippen LogP contribution is -2.15. The van der Waals surface area contributed by atoms with Crippen molar-refractivity contribution in [2.45, 2.75) is 71.0 Å². The number of carbonyl (C=O) groups is 1. The van der Waals surface area contributed by atoms with E-state index in [-0.39, 0.29) is 0 Å². The molecular weight excluding hydrogens is 278 g/mol. The van der Waals surface area contributed by atoms with E-state index in [4.69, 9.17) is 10.5 Å². The molecule has 0 fully saturated rings. The minimum absolute atomic E-state index is 0.435. The van der Waals surface area contributed by atoms with Crippen LogP contribution in [-0.2, 0) is 0 Å². The maximum atomic E-state index is 11.0. The average Bonchev–Trinajstić information content (AvgIpc) is 2.50. The van der Waals surface area contributed by atoms with Crippen molar-refractivity contribution < 1.29 is 14.6 Å². The molecule has 0 aliphatic carbocycles. The monoisotopic (exact) mass is 307 g/mol. The molecule has 0 saturated heterocycles. The summed E-state index contributed by atoms with van der Waals surface area (Å²) >= 11 is 0. The standard InChI is InChI=1S/C18H29NO3/c1-2-3-4-5-6-7-8-9-10-17(20)22-16-13-11-15(12-14-16)18(19)21/h11-14,17,20H,2-10H2,1H3,(H2,19,21). The van der Waals surface area contributed by atoms with Crippen molar-refractivity contribution >= 4 is 5.91 Å². The summed E-state index contributed by atoms with van der Waals surface area (Å²) in [6.07, 6.45) is 9.72. The van der Waals surface area contributed by atoms with E-state index in [9.17, 15) is 9.90 Å². The number of aliphatic hydroxyl groups excluding tert-OH is 1. The van der Waals surface area contributed by atoms with Gasteiger partial charge in [-0.2, -0.15) is 0 Å². The van der Waals surface area contributed by atoms with Gasteiger partial charge in [-0.3, -0.25) is 4.79 Å². The van der Waals surface area contributed by atoms with Gasteiger partial charge >= 0.3 is 0 Å². The molecule has 0 aliphatic rings. The van der Waals surface area contributed by atoms with Gasteiger partial charge < -0.3 is 15.6 Å². The molecule has 1 aromatic rings. The Hall–Kier alpha value is -1.55. The number of benzene rings is 1. The zero-order valence-corrected chi connectivity index (χ0v) is 13.6. The summed E-state index contributed by atoms with van der Waals surface area (Å²) in [5.41, 5.74) is 5.60. The quantitative estimate of drug-likeness (QED) is 0.452. The van der Waals surface area contributed by atoms with E-state index in [2.05, 4.69) is 6.92 Å². The minimum Gasteiger partial charge on any atom is -0.465 e. The lowest BCUT2D eigenvalue weighted by molar-refractivity contribution is -0.0246. The fourth-order valence-electron chi connectivity index (χ4n) is 2.37. The van der Waals surface area contributed by atoms with Gasteiger partial charge in [0.25, 0.3) is 0 Å². The van der Waals surface area contributed by atoms with Crippen molar-refractivity contribution in [1.82, 2.24) is 0 Å². The van der Waals surface area contributed by atoms with Crippen LogP contribution in [0.5, 0.6) is 5.75 Å². The molecule has 22 heavy (non-hydrogen) atoms. The molecular formula is C18H29NO3. The normalized spacial score (nSPS) is 12.1. The highest BCUT2D eigenvalue weighted by Gasteiger charge is 2.06. The van der Waals surface area contributed by atoms with Gasteiger partial charge in [0.05, 0.1) is 0 Å². The van der Waals surface area contributed by atoms with Crippen LogP contribution in [0.25, 0.3) is 0 Å². The van der Waals surface area contributed by atoms with Gasteiger partial charge in [0, 0.05) is 12.0 Å². The number of unbranched alkanes of at least 4 members (excludes halogenated alkanes) is 7. The van der Waals surface area contributed by atoms with Gasteiger partial charge in [-0.05, 0) is 30.7 Å². The van der Waals surface area contributed by atoms with Crippen LogP contribution in [0, 0.1) is 0 Å². The van der Waals surface area contributed by atoms with Gasteiger partial charge in [0.15, 0.2) is 6.29 Å². The van der Waals surface area contributed by atoms with E-state index in [1.54, 1.807) is 24.3 Å². The zero-order valence-electron chi connectivity index (χ0n) is 13.6. The van der Waals surface area contributed by atoms with Crippen molar-refractivity contribution in [3.05, 3.63) is 29.8 Å². The third-order valence-electron chi connectivity index (χ3n) is 3.72. The third kappa shape index (κ3) is 8.03. The number of rotatable bonds is 12. The molecule has 0 saturated carbocycles. The highest BCUT2D eigenvalue weighted by Crippen LogP contribution is 2.16. The Morgan fingerprint density at radius 2 is 1.59 bits per heavy atom. The number of ether oxygens (including phenoxy) is 1. The molecule has 3 N–H and O–H groups in total. The highest BCUT2D eigenvalue weighted by molar-refractivity contribution is 5.92. The fourth-order valence-corrected chi connectivity index (χ4v) is 2.37. The number of hydrogen-bond acceptors (Lipinski definition) is 3. The average molecular weight is 307 g/mol. The maximum absolute atomic E-state index is 11.0. The largest absolute Gasteiger partial charge is 0.465 e. The molecule has 124 valence electrons. The van der Waals surface area contributed by atoms with Crippen molar-refractivity contribution in [3.8, 4) is 5.75 Å². The van der Waals surface area contributed by atoms with Crippen LogP contribution in [0.2, 0.25) is 0 Å². The van der Waals surface area contributed by atoms with E-state index in [1.807, 2.05) is 0 Å². The Kier molecular flexibility index (Phi) is 9.31. The highest BCUT2D eigenvalue weighted by atomic mass is 16.6. The molecule has 1 unspecified atom stereocenters. The predicted molar refractivity (Wildman–Crippen MR) is 88.8 cm³/mol. The number of aliphatic hydroxyl groups is 1. The number of carbonyl (C=O) groups excluding carboxylic acids is 1. The number of amides is 1.